The average Bonchev–Trinajstić information content (AvgIpc) is 2.83. The van der Waals surface area contributed by atoms with E-state index in [1.165, 1.54) is 0 Å². The Labute approximate surface area is 213 Å². The van der Waals surface area contributed by atoms with Gasteiger partial charge in [-0.15, -0.1) is 0 Å². The Bertz CT molecular complexity index is 902. The lowest BCUT2D eigenvalue weighted by Crippen LogP contribution is -2.38. The average molecular weight is 501 g/mol. The number of hydrogen-bond acceptors (Lipinski definition) is 8. The second-order valence-electron chi connectivity index (χ2n) is 7.81. The molecule has 0 N–H and O–H groups in total. The summed E-state index contributed by atoms with van der Waals surface area (Å²) >= 11 is 0. The fourth-order valence-corrected chi connectivity index (χ4v) is 3.36. The number of rotatable bonds is 14. The molecule has 0 saturated heterocycles. The van der Waals surface area contributed by atoms with Crippen molar-refractivity contribution in [2.24, 2.45) is 0 Å². The summed E-state index contributed by atoms with van der Waals surface area (Å²) < 4.78 is 32.5. The van der Waals surface area contributed by atoms with E-state index in [0.29, 0.717) is 37.6 Å². The summed E-state index contributed by atoms with van der Waals surface area (Å²) in [6.07, 6.45) is 3.79. The first-order valence-electron chi connectivity index (χ1n) is 12.1. The lowest BCUT2D eigenvalue weighted by atomic mass is 10.1. The molecule has 0 aliphatic heterocycles. The Hall–Kier alpha value is -3.04. The van der Waals surface area contributed by atoms with E-state index in [-0.39, 0.29) is 0 Å². The summed E-state index contributed by atoms with van der Waals surface area (Å²) in [5.74, 6) is -3.94. The first kappa shape index (κ1) is 29.2. The van der Waals surface area contributed by atoms with Crippen molar-refractivity contribution in [2.75, 3.05) is 26.4 Å². The van der Waals surface area contributed by atoms with Gasteiger partial charge < -0.3 is 28.4 Å². The van der Waals surface area contributed by atoms with Crippen LogP contribution < -0.4 is 0 Å². The second-order valence-corrected chi connectivity index (χ2v) is 7.81. The Kier molecular flexibility index (Phi) is 11.3. The van der Waals surface area contributed by atoms with E-state index < -0.39 is 23.9 Å². The molecule has 0 heterocycles. The smallest absolute Gasteiger partial charge is 0.342 e. The molecule has 0 aromatic heterocycles. The van der Waals surface area contributed by atoms with Crippen LogP contribution >= 0.6 is 0 Å². The molecule has 0 unspecified atom stereocenters. The van der Waals surface area contributed by atoms with Crippen LogP contribution in [-0.4, -0.2) is 50.3 Å². The van der Waals surface area contributed by atoms with Crippen LogP contribution in [0.25, 0.3) is 12.2 Å². The number of carbonyl (C=O) groups excluding carboxylic acids is 2. The standard InChI is InChI=1S/C28H36O8/c1-7-31-27(5,32-8-2)35-25(29)23-17-13-21(14-18-23)11-12-22-15-19-24(20-16-22)26(30)36-28(6,33-9-3)34-10-4/h11-20H,7-10H2,1-6H3/b12-11+. The van der Waals surface area contributed by atoms with Gasteiger partial charge in [0.15, 0.2) is 0 Å². The molecule has 2 aromatic rings. The molecule has 0 atom stereocenters. The summed E-state index contributed by atoms with van der Waals surface area (Å²) in [6.45, 7) is 11.7. The highest BCUT2D eigenvalue weighted by molar-refractivity contribution is 5.90. The number of ether oxygens (including phenoxy) is 6. The second kappa shape index (κ2) is 13.9. The van der Waals surface area contributed by atoms with Crippen molar-refractivity contribution in [3.63, 3.8) is 0 Å². The predicted octanol–water partition coefficient (Wildman–Crippen LogP) is 5.66. The van der Waals surface area contributed by atoms with Crippen LogP contribution in [0.2, 0.25) is 0 Å². The molecule has 0 fully saturated rings. The number of esters is 2. The maximum atomic E-state index is 12.5. The van der Waals surface area contributed by atoms with Crippen LogP contribution in [0.4, 0.5) is 0 Å². The van der Waals surface area contributed by atoms with E-state index in [2.05, 4.69) is 0 Å². The molecule has 0 aliphatic carbocycles. The van der Waals surface area contributed by atoms with E-state index in [4.69, 9.17) is 28.4 Å². The third-order valence-corrected chi connectivity index (χ3v) is 4.94. The topological polar surface area (TPSA) is 89.5 Å². The molecular weight excluding hydrogens is 464 g/mol. The van der Waals surface area contributed by atoms with Gasteiger partial charge in [0.2, 0.25) is 0 Å². The molecule has 0 radical (unpaired) electrons. The normalized spacial score (nSPS) is 12.1. The van der Waals surface area contributed by atoms with E-state index >= 15 is 0 Å². The molecular formula is C28H36O8. The van der Waals surface area contributed by atoms with Crippen LogP contribution in [-0.2, 0) is 28.4 Å². The zero-order valence-corrected chi connectivity index (χ0v) is 21.9. The Morgan fingerprint density at radius 1 is 0.583 bits per heavy atom. The minimum atomic E-state index is -1.43. The van der Waals surface area contributed by atoms with Crippen molar-refractivity contribution < 1.29 is 38.0 Å². The first-order chi connectivity index (χ1) is 17.2. The molecule has 0 amide bonds. The number of benzene rings is 2. The van der Waals surface area contributed by atoms with Crippen molar-refractivity contribution in [3.8, 4) is 0 Å². The Balaban J connectivity index is 2.01. The maximum Gasteiger partial charge on any atom is 0.342 e. The van der Waals surface area contributed by atoms with Crippen LogP contribution in [0.5, 0.6) is 0 Å². The summed E-state index contributed by atoms with van der Waals surface area (Å²) in [4.78, 5) is 25.0. The first-order valence-corrected chi connectivity index (χ1v) is 12.1. The van der Waals surface area contributed by atoms with Gasteiger partial charge in [-0.25, -0.2) is 9.59 Å². The summed E-state index contributed by atoms with van der Waals surface area (Å²) in [5, 5.41) is 0. The summed E-state index contributed by atoms with van der Waals surface area (Å²) in [5.41, 5.74) is 2.53. The fraction of sp³-hybridized carbons (Fsp3) is 0.429. The summed E-state index contributed by atoms with van der Waals surface area (Å²) in [7, 11) is 0. The molecule has 196 valence electrons. The molecule has 2 rings (SSSR count). The van der Waals surface area contributed by atoms with Gasteiger partial charge in [0.1, 0.15) is 0 Å². The van der Waals surface area contributed by atoms with Crippen molar-refractivity contribution >= 4 is 24.1 Å². The van der Waals surface area contributed by atoms with Gasteiger partial charge >= 0.3 is 23.9 Å². The van der Waals surface area contributed by atoms with Gasteiger partial charge in [0.05, 0.1) is 37.6 Å². The van der Waals surface area contributed by atoms with E-state index in [0.717, 1.165) is 11.1 Å². The lowest BCUT2D eigenvalue weighted by Gasteiger charge is -2.28. The van der Waals surface area contributed by atoms with Gasteiger partial charge in [-0.1, -0.05) is 36.4 Å². The highest BCUT2D eigenvalue weighted by Gasteiger charge is 2.31. The van der Waals surface area contributed by atoms with Gasteiger partial charge in [0.25, 0.3) is 0 Å². The molecule has 0 saturated carbocycles. The van der Waals surface area contributed by atoms with Crippen molar-refractivity contribution in [3.05, 3.63) is 70.8 Å². The largest absolute Gasteiger partial charge is 0.404 e. The minimum absolute atomic E-state index is 0.343. The van der Waals surface area contributed by atoms with Crippen LogP contribution in [0, 0.1) is 0 Å². The van der Waals surface area contributed by atoms with Crippen molar-refractivity contribution in [1.82, 2.24) is 0 Å². The third-order valence-electron chi connectivity index (χ3n) is 4.94. The van der Waals surface area contributed by atoms with Crippen molar-refractivity contribution in [1.29, 1.82) is 0 Å². The predicted molar refractivity (Wildman–Crippen MR) is 136 cm³/mol. The molecule has 0 aliphatic rings. The monoisotopic (exact) mass is 500 g/mol. The van der Waals surface area contributed by atoms with Crippen LogP contribution in [0.15, 0.2) is 48.5 Å². The fourth-order valence-electron chi connectivity index (χ4n) is 3.36. The molecule has 36 heavy (non-hydrogen) atoms. The van der Waals surface area contributed by atoms with Gasteiger partial charge in [-0.3, -0.25) is 0 Å². The lowest BCUT2D eigenvalue weighted by molar-refractivity contribution is -0.342. The minimum Gasteiger partial charge on any atom is -0.404 e. The van der Waals surface area contributed by atoms with Gasteiger partial charge in [0, 0.05) is 13.8 Å². The third kappa shape index (κ3) is 8.87. The molecule has 0 bridgehead atoms. The van der Waals surface area contributed by atoms with Gasteiger partial charge in [-0.2, -0.15) is 0 Å². The zero-order chi connectivity index (χ0) is 26.6. The highest BCUT2D eigenvalue weighted by atomic mass is 16.9. The Morgan fingerprint density at radius 3 is 1.11 bits per heavy atom. The Morgan fingerprint density at radius 2 is 0.861 bits per heavy atom. The van der Waals surface area contributed by atoms with Crippen LogP contribution in [0.3, 0.4) is 0 Å². The van der Waals surface area contributed by atoms with Gasteiger partial charge in [-0.05, 0) is 63.1 Å². The SMILES string of the molecule is CCOC(C)(OCC)OC(=O)c1ccc(/C=C/c2ccc(C(=O)OC(C)(OCC)OCC)cc2)cc1. The molecule has 2 aromatic carbocycles. The van der Waals surface area contributed by atoms with E-state index in [1.54, 1.807) is 90.1 Å². The highest BCUT2D eigenvalue weighted by Crippen LogP contribution is 2.20. The quantitative estimate of drug-likeness (QED) is 0.186. The van der Waals surface area contributed by atoms with E-state index in [9.17, 15) is 9.59 Å². The molecule has 8 heteroatoms. The van der Waals surface area contributed by atoms with E-state index in [1.807, 2.05) is 12.2 Å². The number of hydrogen-bond donors (Lipinski definition) is 0. The number of carbonyl (C=O) groups is 2. The summed E-state index contributed by atoms with van der Waals surface area (Å²) in [6, 6.07) is 13.9. The van der Waals surface area contributed by atoms with Crippen molar-refractivity contribution in [2.45, 2.75) is 53.5 Å². The maximum absolute atomic E-state index is 12.5. The zero-order valence-electron chi connectivity index (χ0n) is 21.9. The van der Waals surface area contributed by atoms with Crippen LogP contribution in [0.1, 0.15) is 73.4 Å². The molecule has 8 nitrogen and oxygen atoms in total. The molecule has 0 spiro atoms.